The Balaban J connectivity index is 1.34. The molecule has 0 unspecified atom stereocenters. The van der Waals surface area contributed by atoms with Crippen LogP contribution in [0.25, 0.3) is 0 Å². The van der Waals surface area contributed by atoms with Gasteiger partial charge in [-0.25, -0.2) is 9.69 Å². The van der Waals surface area contributed by atoms with Crippen molar-refractivity contribution in [2.24, 2.45) is 5.92 Å². The summed E-state index contributed by atoms with van der Waals surface area (Å²) < 4.78 is 6.29. The average Bonchev–Trinajstić information content (AvgIpc) is 3.45. The van der Waals surface area contributed by atoms with E-state index in [0.29, 0.717) is 32.4 Å². The number of phenolic OH excluding ortho intramolecular Hbond substituents is 1. The lowest BCUT2D eigenvalue weighted by molar-refractivity contribution is -0.122. The van der Waals surface area contributed by atoms with Crippen molar-refractivity contribution in [2.75, 3.05) is 16.8 Å². The van der Waals surface area contributed by atoms with E-state index in [1.54, 1.807) is 49.4 Å². The molecule has 0 bridgehead atoms. The smallest absolute Gasteiger partial charge is 0.338 e. The zero-order valence-electron chi connectivity index (χ0n) is 23.7. The quantitative estimate of drug-likeness (QED) is 0.225. The van der Waals surface area contributed by atoms with Gasteiger partial charge in [0, 0.05) is 22.0 Å². The van der Waals surface area contributed by atoms with E-state index in [1.165, 1.54) is 27.7 Å². The fourth-order valence-corrected chi connectivity index (χ4v) is 8.30. The molecule has 0 radical (unpaired) electrons. The Labute approximate surface area is 260 Å². The number of esters is 1. The van der Waals surface area contributed by atoms with Crippen molar-refractivity contribution in [1.29, 1.82) is 0 Å². The highest BCUT2D eigenvalue weighted by atomic mass is 32.2. The Morgan fingerprint density at radius 3 is 2.34 bits per heavy atom. The summed E-state index contributed by atoms with van der Waals surface area (Å²) in [6, 6.07) is 19.8. The number of aromatic hydroxyl groups is 1. The topological polar surface area (TPSA) is 135 Å². The first-order valence-corrected chi connectivity index (χ1v) is 15.6. The number of nitrogens with zero attached hydrogens (tertiary/aromatic N) is 2. The van der Waals surface area contributed by atoms with Gasteiger partial charge in [0.15, 0.2) is 0 Å². The van der Waals surface area contributed by atoms with Gasteiger partial charge in [-0.1, -0.05) is 59.0 Å². The highest BCUT2D eigenvalue weighted by Crippen LogP contribution is 2.55. The maximum absolute atomic E-state index is 14.0. The Morgan fingerprint density at radius 1 is 0.955 bits per heavy atom. The Hall–Kier alpha value is -4.68. The number of aryl methyl sites for hydroxylation is 1. The van der Waals surface area contributed by atoms with E-state index < -0.39 is 45.6 Å². The van der Waals surface area contributed by atoms with Gasteiger partial charge >= 0.3 is 10.8 Å². The van der Waals surface area contributed by atoms with Crippen LogP contribution in [0.5, 0.6) is 5.75 Å². The average molecular weight is 630 g/mol. The molecule has 2 N–H and O–H groups in total. The number of benzene rings is 3. The number of anilines is 2. The van der Waals surface area contributed by atoms with Crippen LogP contribution in [0.4, 0.5) is 11.4 Å². The second-order valence-corrected chi connectivity index (χ2v) is 12.5. The number of hydrogen-bond acceptors (Lipinski definition) is 9. The van der Waals surface area contributed by atoms with Crippen LogP contribution < -0.4 is 15.1 Å². The number of thioether (sulfide) groups is 1. The first-order valence-electron chi connectivity index (χ1n) is 13.9. The van der Waals surface area contributed by atoms with Crippen molar-refractivity contribution in [3.05, 3.63) is 104 Å². The van der Waals surface area contributed by atoms with Crippen LogP contribution in [0.2, 0.25) is 0 Å². The van der Waals surface area contributed by atoms with E-state index >= 15 is 0 Å². The number of hydrogen-bond donors (Lipinski definition) is 2. The SMILES string of the molecule is CCOC(=O)c1ccc(NC(=O)Cn2c3c(sc2=O)[C@@H](c2ccccc2O)[C@H]2C(=O)N(c4ccc(C)cc4)C(=O)[C@H]2S3)cc1. The molecule has 1 saturated heterocycles. The highest BCUT2D eigenvalue weighted by molar-refractivity contribution is 8.00. The lowest BCUT2D eigenvalue weighted by atomic mass is 9.82. The molecule has 3 aromatic carbocycles. The van der Waals surface area contributed by atoms with Crippen LogP contribution in [0.15, 0.2) is 82.6 Å². The molecule has 0 spiro atoms. The minimum Gasteiger partial charge on any atom is -0.508 e. The summed E-state index contributed by atoms with van der Waals surface area (Å²) in [6.07, 6.45) is 0. The zero-order chi connectivity index (χ0) is 31.1. The summed E-state index contributed by atoms with van der Waals surface area (Å²) in [6.45, 7) is 3.52. The molecular weight excluding hydrogens is 603 g/mol. The van der Waals surface area contributed by atoms with Gasteiger partial charge in [-0.15, -0.1) is 0 Å². The van der Waals surface area contributed by atoms with Gasteiger partial charge in [0.1, 0.15) is 17.5 Å². The molecule has 12 heteroatoms. The first kappa shape index (κ1) is 29.4. The molecule has 3 heterocycles. The molecule has 2 aliphatic rings. The number of thiazole rings is 1. The number of rotatable bonds is 7. The van der Waals surface area contributed by atoms with Crippen LogP contribution >= 0.6 is 23.1 Å². The van der Waals surface area contributed by atoms with Gasteiger partial charge in [0.25, 0.3) is 0 Å². The third-order valence-corrected chi connectivity index (χ3v) is 10.2. The molecule has 3 amide bonds. The lowest BCUT2D eigenvalue weighted by Crippen LogP contribution is -2.33. The standard InChI is InChI=1S/C32H27N3O7S2/c1-3-42-31(40)18-10-12-19(13-11-18)33-23(37)16-34-30-27(44-32(34)41)24(21-6-4-5-7-22(21)36)25-26(43-30)29(39)35(28(25)38)20-14-8-17(2)9-15-20/h4-15,24-26,36H,3,16H2,1-2H3,(H,33,37)/t24-,25+,26-/m0/s1. The number of para-hydroxylation sites is 1. The van der Waals surface area contributed by atoms with Gasteiger partial charge in [-0.05, 0) is 56.3 Å². The minimum atomic E-state index is -0.875. The fraction of sp³-hybridized carbons (Fsp3) is 0.219. The van der Waals surface area contributed by atoms with Crippen molar-refractivity contribution in [2.45, 2.75) is 36.6 Å². The van der Waals surface area contributed by atoms with Crippen molar-refractivity contribution in [3.63, 3.8) is 0 Å². The van der Waals surface area contributed by atoms with Gasteiger partial charge in [-0.3, -0.25) is 23.7 Å². The van der Waals surface area contributed by atoms with Crippen molar-refractivity contribution >= 4 is 58.2 Å². The van der Waals surface area contributed by atoms with Crippen LogP contribution in [-0.2, 0) is 25.7 Å². The molecule has 3 atom stereocenters. The summed E-state index contributed by atoms with van der Waals surface area (Å²) in [5.41, 5.74) is 2.61. The van der Waals surface area contributed by atoms with Crippen LogP contribution in [0.3, 0.4) is 0 Å². The molecule has 4 aromatic rings. The van der Waals surface area contributed by atoms with E-state index in [-0.39, 0.29) is 18.9 Å². The first-order chi connectivity index (χ1) is 21.2. The van der Waals surface area contributed by atoms with E-state index in [4.69, 9.17) is 4.74 Å². The molecule has 1 aromatic heterocycles. The second kappa shape index (κ2) is 11.8. The molecular formula is C32H27N3O7S2. The van der Waals surface area contributed by atoms with Crippen molar-refractivity contribution in [1.82, 2.24) is 4.57 Å². The van der Waals surface area contributed by atoms with E-state index in [1.807, 2.05) is 19.1 Å². The summed E-state index contributed by atoms with van der Waals surface area (Å²) in [5.74, 6) is -3.50. The Morgan fingerprint density at radius 2 is 1.66 bits per heavy atom. The number of imide groups is 1. The molecule has 0 saturated carbocycles. The van der Waals surface area contributed by atoms with Gasteiger partial charge in [0.2, 0.25) is 17.7 Å². The molecule has 44 heavy (non-hydrogen) atoms. The van der Waals surface area contributed by atoms with Gasteiger partial charge < -0.3 is 15.2 Å². The Bertz CT molecular complexity index is 1850. The van der Waals surface area contributed by atoms with Gasteiger partial charge in [0.05, 0.1) is 28.8 Å². The van der Waals surface area contributed by atoms with E-state index in [9.17, 15) is 29.1 Å². The molecule has 0 aliphatic carbocycles. The second-order valence-electron chi connectivity index (χ2n) is 10.4. The number of amides is 3. The van der Waals surface area contributed by atoms with E-state index in [2.05, 4.69) is 5.32 Å². The van der Waals surface area contributed by atoms with Gasteiger partial charge in [-0.2, -0.15) is 0 Å². The van der Waals surface area contributed by atoms with Crippen LogP contribution in [-0.4, -0.2) is 45.2 Å². The predicted molar refractivity (Wildman–Crippen MR) is 166 cm³/mol. The zero-order valence-corrected chi connectivity index (χ0v) is 25.3. The van der Waals surface area contributed by atoms with Crippen molar-refractivity contribution < 1.29 is 29.0 Å². The number of fused-ring (bicyclic) bond motifs is 2. The van der Waals surface area contributed by atoms with Crippen LogP contribution in [0, 0.1) is 12.8 Å². The third-order valence-electron chi connectivity index (χ3n) is 7.59. The number of phenols is 1. The summed E-state index contributed by atoms with van der Waals surface area (Å²) >= 11 is 2.00. The molecule has 224 valence electrons. The highest BCUT2D eigenvalue weighted by Gasteiger charge is 2.57. The Kier molecular flexibility index (Phi) is 7.87. The van der Waals surface area contributed by atoms with Crippen LogP contribution in [0.1, 0.15) is 39.2 Å². The van der Waals surface area contributed by atoms with E-state index in [0.717, 1.165) is 28.7 Å². The maximum Gasteiger partial charge on any atom is 0.338 e. The maximum atomic E-state index is 14.0. The largest absolute Gasteiger partial charge is 0.508 e. The number of carbonyl (C=O) groups excluding carboxylic acids is 4. The minimum absolute atomic E-state index is 0.0560. The summed E-state index contributed by atoms with van der Waals surface area (Å²) in [7, 11) is 0. The lowest BCUT2D eigenvalue weighted by Gasteiger charge is -2.31. The third kappa shape index (κ3) is 5.20. The number of nitrogens with one attached hydrogen (secondary N) is 1. The molecule has 10 nitrogen and oxygen atoms in total. The molecule has 1 fully saturated rings. The monoisotopic (exact) mass is 629 g/mol. The number of carbonyl (C=O) groups is 4. The summed E-state index contributed by atoms with van der Waals surface area (Å²) in [5, 5.41) is 13.1. The fourth-order valence-electron chi connectivity index (χ4n) is 5.54. The normalized spacial score (nSPS) is 19.0. The summed E-state index contributed by atoms with van der Waals surface area (Å²) in [4.78, 5) is 67.4. The molecule has 6 rings (SSSR count). The molecule has 2 aliphatic heterocycles. The number of ether oxygens (including phenoxy) is 1. The predicted octanol–water partition coefficient (Wildman–Crippen LogP) is 4.54. The van der Waals surface area contributed by atoms with Crippen molar-refractivity contribution in [3.8, 4) is 5.75 Å². The number of aromatic nitrogens is 1.